The first-order valence-electron chi connectivity index (χ1n) is 5.38. The summed E-state index contributed by atoms with van der Waals surface area (Å²) in [4.78, 5) is 15.3. The number of fused-ring (bicyclic) bond motifs is 3. The monoisotopic (exact) mass is 199 g/mol. The first kappa shape index (κ1) is 8.72. The Bertz CT molecular complexity index is 538. The molecule has 0 radical (unpaired) electrons. The molecule has 2 nitrogen and oxygen atoms in total. The molecule has 1 aliphatic rings. The lowest BCUT2D eigenvalue weighted by Crippen LogP contribution is -2.16. The summed E-state index contributed by atoms with van der Waals surface area (Å²) in [5.41, 5.74) is 3.15. The molecule has 2 heteroatoms. The van der Waals surface area contributed by atoms with Gasteiger partial charge in [-0.2, -0.15) is 0 Å². The number of carbonyl (C=O) groups excluding carboxylic acids is 1. The molecule has 0 spiro atoms. The summed E-state index contributed by atoms with van der Waals surface area (Å²) in [6.07, 6.45) is 1.69. The summed E-state index contributed by atoms with van der Waals surface area (Å²) < 4.78 is 0. The number of nitrogens with one attached hydrogen (secondary N) is 1. The molecule has 3 rings (SSSR count). The molecular formula is C13H13NO. The smallest absolute Gasteiger partial charge is 0.165 e. The van der Waals surface area contributed by atoms with E-state index < -0.39 is 0 Å². The van der Waals surface area contributed by atoms with Crippen molar-refractivity contribution in [3.05, 3.63) is 35.5 Å². The van der Waals surface area contributed by atoms with Crippen molar-refractivity contribution in [3.8, 4) is 0 Å². The third kappa shape index (κ3) is 1.21. The lowest BCUT2D eigenvalue weighted by molar-refractivity contribution is 0.0955. The summed E-state index contributed by atoms with van der Waals surface area (Å²) in [6, 6.07) is 8.05. The Hall–Kier alpha value is -1.57. The summed E-state index contributed by atoms with van der Waals surface area (Å²) >= 11 is 0. The van der Waals surface area contributed by atoms with Gasteiger partial charge in [0.25, 0.3) is 0 Å². The van der Waals surface area contributed by atoms with Gasteiger partial charge in [-0.3, -0.25) is 4.79 Å². The molecule has 2 aromatic rings. The van der Waals surface area contributed by atoms with Crippen LogP contribution in [-0.2, 0) is 6.42 Å². The summed E-state index contributed by atoms with van der Waals surface area (Å²) in [5.74, 6) is 0.763. The van der Waals surface area contributed by atoms with E-state index in [0.29, 0.717) is 18.1 Å². The maximum Gasteiger partial charge on any atom is 0.165 e. The molecule has 0 amide bonds. The minimum atomic E-state index is 0.293. The Morgan fingerprint density at radius 3 is 2.93 bits per heavy atom. The maximum atomic E-state index is 12.0. The fourth-order valence-electron chi connectivity index (χ4n) is 2.51. The highest BCUT2D eigenvalue weighted by Crippen LogP contribution is 2.30. The van der Waals surface area contributed by atoms with Crippen LogP contribution in [0.3, 0.4) is 0 Å². The molecule has 0 fully saturated rings. The van der Waals surface area contributed by atoms with Gasteiger partial charge >= 0.3 is 0 Å². The van der Waals surface area contributed by atoms with Crippen molar-refractivity contribution in [2.75, 3.05) is 0 Å². The predicted molar refractivity (Wildman–Crippen MR) is 60.1 cm³/mol. The zero-order valence-corrected chi connectivity index (χ0v) is 8.71. The van der Waals surface area contributed by atoms with E-state index >= 15 is 0 Å². The van der Waals surface area contributed by atoms with Gasteiger partial charge in [0.15, 0.2) is 5.78 Å². The van der Waals surface area contributed by atoms with Crippen molar-refractivity contribution in [3.63, 3.8) is 0 Å². The van der Waals surface area contributed by atoms with Crippen molar-refractivity contribution in [2.45, 2.75) is 19.8 Å². The quantitative estimate of drug-likeness (QED) is 0.695. The fourth-order valence-corrected chi connectivity index (χ4v) is 2.51. The molecule has 1 atom stereocenters. The second-order valence-corrected chi connectivity index (χ2v) is 4.46. The highest BCUT2D eigenvalue weighted by molar-refractivity contribution is 6.10. The van der Waals surface area contributed by atoms with Crippen LogP contribution in [0, 0.1) is 5.92 Å². The zero-order valence-electron chi connectivity index (χ0n) is 8.71. The van der Waals surface area contributed by atoms with Crippen molar-refractivity contribution in [2.24, 2.45) is 5.92 Å². The molecule has 76 valence electrons. The Kier molecular flexibility index (Phi) is 1.72. The highest BCUT2D eigenvalue weighted by atomic mass is 16.1. The van der Waals surface area contributed by atoms with Gasteiger partial charge in [-0.25, -0.2) is 0 Å². The Balaban J connectivity index is 2.32. The molecule has 15 heavy (non-hydrogen) atoms. The minimum absolute atomic E-state index is 0.293. The molecule has 1 aromatic carbocycles. The number of aromatic amines is 1. The lowest BCUT2D eigenvalue weighted by Gasteiger charge is -2.16. The second-order valence-electron chi connectivity index (χ2n) is 4.46. The highest BCUT2D eigenvalue weighted by Gasteiger charge is 2.25. The van der Waals surface area contributed by atoms with E-state index in [1.807, 2.05) is 24.3 Å². The lowest BCUT2D eigenvalue weighted by atomic mass is 9.87. The molecule has 1 heterocycles. The van der Waals surface area contributed by atoms with E-state index in [4.69, 9.17) is 0 Å². The number of hydrogen-bond donors (Lipinski definition) is 1. The van der Waals surface area contributed by atoms with Gasteiger partial charge in [0, 0.05) is 28.6 Å². The van der Waals surface area contributed by atoms with Crippen LogP contribution in [-0.4, -0.2) is 10.8 Å². The number of carbonyl (C=O) groups is 1. The largest absolute Gasteiger partial charge is 0.358 e. The van der Waals surface area contributed by atoms with E-state index in [1.54, 1.807) is 0 Å². The van der Waals surface area contributed by atoms with Crippen LogP contribution >= 0.6 is 0 Å². The summed E-state index contributed by atoms with van der Waals surface area (Å²) in [6.45, 7) is 2.13. The van der Waals surface area contributed by atoms with Crippen LogP contribution in [0.2, 0.25) is 0 Å². The molecule has 0 bridgehead atoms. The average Bonchev–Trinajstić information content (AvgIpc) is 2.54. The number of H-pyrrole nitrogens is 1. The number of Topliss-reactive ketones (excluding diaryl/α,β-unsaturated/α-hetero) is 1. The number of para-hydroxylation sites is 1. The normalized spacial score (nSPS) is 20.6. The molecular weight excluding hydrogens is 186 g/mol. The van der Waals surface area contributed by atoms with Gasteiger partial charge in [0.2, 0.25) is 0 Å². The van der Waals surface area contributed by atoms with Gasteiger partial charge in [-0.1, -0.05) is 25.1 Å². The van der Waals surface area contributed by atoms with Crippen molar-refractivity contribution >= 4 is 16.7 Å². The Morgan fingerprint density at radius 2 is 2.07 bits per heavy atom. The Labute approximate surface area is 88.3 Å². The van der Waals surface area contributed by atoms with E-state index in [2.05, 4.69) is 11.9 Å². The van der Waals surface area contributed by atoms with E-state index in [-0.39, 0.29) is 0 Å². The van der Waals surface area contributed by atoms with Crippen LogP contribution in [0.1, 0.15) is 29.4 Å². The molecule has 1 aliphatic carbocycles. The van der Waals surface area contributed by atoms with Crippen LogP contribution in [0.4, 0.5) is 0 Å². The molecule has 1 aromatic heterocycles. The van der Waals surface area contributed by atoms with E-state index in [1.165, 1.54) is 0 Å². The van der Waals surface area contributed by atoms with Crippen molar-refractivity contribution in [1.82, 2.24) is 4.98 Å². The standard InChI is InChI=1S/C13H13NO/c1-8-6-11-13(12(15)7-8)9-4-2-3-5-10(9)14-11/h2-5,8,14H,6-7H2,1H3/t8-/m1/s1. The number of aromatic nitrogens is 1. The number of rotatable bonds is 0. The SMILES string of the molecule is C[C@H]1CC(=O)c2c([nH]c3ccccc23)C1. The number of hydrogen-bond acceptors (Lipinski definition) is 1. The minimum Gasteiger partial charge on any atom is -0.358 e. The van der Waals surface area contributed by atoms with Gasteiger partial charge in [-0.05, 0) is 18.4 Å². The van der Waals surface area contributed by atoms with Gasteiger partial charge < -0.3 is 4.98 Å². The number of ketones is 1. The topological polar surface area (TPSA) is 32.9 Å². The van der Waals surface area contributed by atoms with Crippen LogP contribution in [0.25, 0.3) is 10.9 Å². The first-order chi connectivity index (χ1) is 7.25. The third-order valence-corrected chi connectivity index (χ3v) is 3.15. The second kappa shape index (κ2) is 2.96. The average molecular weight is 199 g/mol. The first-order valence-corrected chi connectivity index (χ1v) is 5.38. The van der Waals surface area contributed by atoms with E-state index in [0.717, 1.165) is 28.6 Å². The maximum absolute atomic E-state index is 12.0. The van der Waals surface area contributed by atoms with Crippen molar-refractivity contribution in [1.29, 1.82) is 0 Å². The van der Waals surface area contributed by atoms with Crippen molar-refractivity contribution < 1.29 is 4.79 Å². The van der Waals surface area contributed by atoms with Gasteiger partial charge in [-0.15, -0.1) is 0 Å². The van der Waals surface area contributed by atoms with E-state index in [9.17, 15) is 4.79 Å². The molecule has 0 unspecified atom stereocenters. The molecule has 0 saturated heterocycles. The molecule has 1 N–H and O–H groups in total. The molecule has 0 aliphatic heterocycles. The van der Waals surface area contributed by atoms with Crippen LogP contribution in [0.15, 0.2) is 24.3 Å². The Morgan fingerprint density at radius 1 is 1.27 bits per heavy atom. The predicted octanol–water partition coefficient (Wildman–Crippen LogP) is 2.93. The van der Waals surface area contributed by atoms with Gasteiger partial charge in [0.05, 0.1) is 0 Å². The third-order valence-electron chi connectivity index (χ3n) is 3.15. The van der Waals surface area contributed by atoms with Gasteiger partial charge in [0.1, 0.15) is 0 Å². The fraction of sp³-hybridized carbons (Fsp3) is 0.308. The van der Waals surface area contributed by atoms with Crippen LogP contribution in [0.5, 0.6) is 0 Å². The number of benzene rings is 1. The summed E-state index contributed by atoms with van der Waals surface area (Å²) in [7, 11) is 0. The van der Waals surface area contributed by atoms with Crippen LogP contribution < -0.4 is 0 Å². The summed E-state index contributed by atoms with van der Waals surface area (Å²) in [5, 5.41) is 1.09. The molecule has 0 saturated carbocycles. The zero-order chi connectivity index (χ0) is 10.4.